The number of halogens is 2. The van der Waals surface area contributed by atoms with Crippen LogP contribution < -0.4 is 10.2 Å². The smallest absolute Gasteiger partial charge is 0.277 e. The highest BCUT2D eigenvalue weighted by atomic mass is 19.1. The maximum Gasteiger partial charge on any atom is 0.277 e. The Morgan fingerprint density at radius 2 is 1.84 bits per heavy atom. The summed E-state index contributed by atoms with van der Waals surface area (Å²) in [6, 6.07) is 4.75. The lowest BCUT2D eigenvalue weighted by Gasteiger charge is -2.44. The van der Waals surface area contributed by atoms with Gasteiger partial charge in [-0.05, 0) is 38.0 Å². The Balaban J connectivity index is 1.80. The van der Waals surface area contributed by atoms with Gasteiger partial charge in [0, 0.05) is 17.5 Å². The van der Waals surface area contributed by atoms with Crippen LogP contribution in [0, 0.1) is 11.6 Å². The molecular weight excluding hydrogens is 414 g/mol. The molecule has 1 fully saturated rings. The molecule has 172 valence electrons. The lowest BCUT2D eigenvalue weighted by atomic mass is 9.90. The molecule has 2 aromatic rings. The van der Waals surface area contributed by atoms with E-state index in [1.54, 1.807) is 17.7 Å². The van der Waals surface area contributed by atoms with E-state index in [1.165, 1.54) is 11.0 Å². The monoisotopic (exact) mass is 444 g/mol. The van der Waals surface area contributed by atoms with Crippen LogP contribution in [0.3, 0.4) is 0 Å². The fraction of sp³-hybridized carbons (Fsp3) is 0.542. The van der Waals surface area contributed by atoms with Gasteiger partial charge in [0.05, 0.1) is 17.9 Å². The summed E-state index contributed by atoms with van der Waals surface area (Å²) in [6.45, 7) is 7.64. The van der Waals surface area contributed by atoms with Crippen molar-refractivity contribution in [1.29, 1.82) is 0 Å². The molecule has 1 saturated carbocycles. The SMILES string of the molecule is CC(C)(C)c1cc2n(n1)CC(C)(C(=O)NC1CCCCC1)N(c1ccc(F)cc1F)C2=O. The number of anilines is 1. The standard InChI is InChI=1S/C24H30F2N4O2/c1-23(2,3)20-13-19-21(31)30(18-11-10-15(25)12-17(18)26)24(4,14-29(19)28-20)22(32)27-16-8-6-5-7-9-16/h10-13,16H,5-9,14H2,1-4H3,(H,27,32). The molecule has 4 rings (SSSR count). The minimum absolute atomic E-state index is 0.0206. The fourth-order valence-electron chi connectivity index (χ4n) is 4.58. The molecule has 6 nitrogen and oxygen atoms in total. The van der Waals surface area contributed by atoms with E-state index >= 15 is 0 Å². The molecule has 0 radical (unpaired) electrons. The van der Waals surface area contributed by atoms with Gasteiger partial charge in [-0.3, -0.25) is 19.2 Å². The Bertz CT molecular complexity index is 1050. The summed E-state index contributed by atoms with van der Waals surface area (Å²) in [4.78, 5) is 28.4. The van der Waals surface area contributed by atoms with Crippen molar-refractivity contribution >= 4 is 17.5 Å². The van der Waals surface area contributed by atoms with Crippen LogP contribution in [-0.2, 0) is 16.8 Å². The summed E-state index contributed by atoms with van der Waals surface area (Å²) < 4.78 is 30.0. The van der Waals surface area contributed by atoms with Gasteiger partial charge in [-0.25, -0.2) is 8.78 Å². The van der Waals surface area contributed by atoms with Gasteiger partial charge >= 0.3 is 0 Å². The van der Waals surface area contributed by atoms with Crippen molar-refractivity contribution < 1.29 is 18.4 Å². The van der Waals surface area contributed by atoms with Crippen molar-refractivity contribution in [2.75, 3.05) is 4.90 Å². The number of hydrogen-bond donors (Lipinski definition) is 1. The lowest BCUT2D eigenvalue weighted by Crippen LogP contribution is -2.65. The minimum atomic E-state index is -1.43. The van der Waals surface area contributed by atoms with Gasteiger partial charge in [-0.2, -0.15) is 5.10 Å². The third kappa shape index (κ3) is 3.91. The van der Waals surface area contributed by atoms with Crippen molar-refractivity contribution in [3.63, 3.8) is 0 Å². The first kappa shape index (κ1) is 22.4. The Morgan fingerprint density at radius 1 is 1.16 bits per heavy atom. The van der Waals surface area contributed by atoms with Gasteiger partial charge in [-0.1, -0.05) is 40.0 Å². The molecule has 0 spiro atoms. The second-order valence-electron chi connectivity index (χ2n) is 10.1. The number of amides is 2. The number of aromatic nitrogens is 2. The third-order valence-corrected chi connectivity index (χ3v) is 6.50. The van der Waals surface area contributed by atoms with Crippen molar-refractivity contribution in [1.82, 2.24) is 15.1 Å². The summed E-state index contributed by atoms with van der Waals surface area (Å²) in [5.74, 6) is -2.53. The molecule has 32 heavy (non-hydrogen) atoms. The Hall–Kier alpha value is -2.77. The van der Waals surface area contributed by atoms with Crippen LogP contribution in [0.5, 0.6) is 0 Å². The van der Waals surface area contributed by atoms with E-state index in [2.05, 4.69) is 10.4 Å². The number of nitrogens with zero attached hydrogens (tertiary/aromatic N) is 3. The average Bonchev–Trinajstić information content (AvgIpc) is 3.15. The van der Waals surface area contributed by atoms with Gasteiger partial charge in [-0.15, -0.1) is 0 Å². The average molecular weight is 445 g/mol. The number of benzene rings is 1. The highest BCUT2D eigenvalue weighted by molar-refractivity contribution is 6.12. The van der Waals surface area contributed by atoms with E-state index in [0.717, 1.165) is 44.2 Å². The largest absolute Gasteiger partial charge is 0.351 e. The summed E-state index contributed by atoms with van der Waals surface area (Å²) in [7, 11) is 0. The molecule has 1 atom stereocenters. The lowest BCUT2D eigenvalue weighted by molar-refractivity contribution is -0.127. The quantitative estimate of drug-likeness (QED) is 0.766. The van der Waals surface area contributed by atoms with Crippen LogP contribution >= 0.6 is 0 Å². The van der Waals surface area contributed by atoms with Crippen LogP contribution in [0.1, 0.15) is 76.0 Å². The molecule has 1 aromatic heterocycles. The first-order valence-electron chi connectivity index (χ1n) is 11.2. The third-order valence-electron chi connectivity index (χ3n) is 6.50. The fourth-order valence-corrected chi connectivity index (χ4v) is 4.58. The molecule has 1 N–H and O–H groups in total. The van der Waals surface area contributed by atoms with Crippen molar-refractivity contribution in [3.05, 3.63) is 47.3 Å². The highest BCUT2D eigenvalue weighted by Crippen LogP contribution is 2.36. The zero-order chi connectivity index (χ0) is 23.3. The number of fused-ring (bicyclic) bond motifs is 1. The van der Waals surface area contributed by atoms with Crippen LogP contribution in [0.15, 0.2) is 24.3 Å². The first-order chi connectivity index (χ1) is 15.0. The number of nitrogens with one attached hydrogen (secondary N) is 1. The zero-order valence-electron chi connectivity index (χ0n) is 19.0. The maximum absolute atomic E-state index is 14.9. The molecule has 1 aromatic carbocycles. The van der Waals surface area contributed by atoms with E-state index in [4.69, 9.17) is 0 Å². The number of carbonyl (C=O) groups is 2. The Kier molecular flexibility index (Phi) is 5.59. The van der Waals surface area contributed by atoms with E-state index in [1.807, 2.05) is 20.8 Å². The van der Waals surface area contributed by atoms with Crippen molar-refractivity contribution in [3.8, 4) is 0 Å². The predicted molar refractivity (Wildman–Crippen MR) is 118 cm³/mol. The molecule has 2 heterocycles. The molecular formula is C24H30F2N4O2. The maximum atomic E-state index is 14.9. The first-order valence-corrected chi connectivity index (χ1v) is 11.2. The second kappa shape index (κ2) is 7.98. The van der Waals surface area contributed by atoms with E-state index in [9.17, 15) is 18.4 Å². The van der Waals surface area contributed by atoms with E-state index < -0.39 is 23.1 Å². The van der Waals surface area contributed by atoms with Gasteiger partial charge in [0.1, 0.15) is 22.9 Å². The van der Waals surface area contributed by atoms with Gasteiger partial charge in [0.2, 0.25) is 5.91 Å². The molecule has 1 unspecified atom stereocenters. The number of rotatable bonds is 3. The summed E-state index contributed by atoms with van der Waals surface area (Å²) >= 11 is 0. The van der Waals surface area contributed by atoms with Crippen molar-refractivity contribution in [2.24, 2.45) is 0 Å². The highest BCUT2D eigenvalue weighted by Gasteiger charge is 2.50. The van der Waals surface area contributed by atoms with Crippen molar-refractivity contribution in [2.45, 2.75) is 83.3 Å². The zero-order valence-corrected chi connectivity index (χ0v) is 19.0. The molecule has 2 amide bonds. The summed E-state index contributed by atoms with van der Waals surface area (Å²) in [5.41, 5.74) is -0.875. The molecule has 0 bridgehead atoms. The minimum Gasteiger partial charge on any atom is -0.351 e. The van der Waals surface area contributed by atoms with Crippen LogP contribution in [0.4, 0.5) is 14.5 Å². The normalized spacial score (nSPS) is 22.1. The van der Waals surface area contributed by atoms with Gasteiger partial charge in [0.15, 0.2) is 0 Å². The molecule has 0 saturated heterocycles. The predicted octanol–water partition coefficient (Wildman–Crippen LogP) is 4.33. The molecule has 8 heteroatoms. The number of carbonyl (C=O) groups excluding carboxylic acids is 2. The van der Waals surface area contributed by atoms with Gasteiger partial charge in [0.25, 0.3) is 5.91 Å². The van der Waals surface area contributed by atoms with Crippen LogP contribution in [0.2, 0.25) is 0 Å². The Labute approximate surface area is 187 Å². The summed E-state index contributed by atoms with van der Waals surface area (Å²) in [5, 5.41) is 7.67. The number of hydrogen-bond acceptors (Lipinski definition) is 3. The van der Waals surface area contributed by atoms with Crippen LogP contribution in [-0.4, -0.2) is 33.2 Å². The van der Waals surface area contributed by atoms with Crippen LogP contribution in [0.25, 0.3) is 0 Å². The van der Waals surface area contributed by atoms with Gasteiger partial charge < -0.3 is 5.32 Å². The molecule has 2 aliphatic rings. The second-order valence-corrected chi connectivity index (χ2v) is 10.1. The van der Waals surface area contributed by atoms with E-state index in [0.29, 0.717) is 5.69 Å². The molecule has 1 aliphatic carbocycles. The van der Waals surface area contributed by atoms with E-state index in [-0.39, 0.29) is 35.3 Å². The molecule has 1 aliphatic heterocycles. The topological polar surface area (TPSA) is 67.2 Å². The Morgan fingerprint density at radius 3 is 2.47 bits per heavy atom. The summed E-state index contributed by atoms with van der Waals surface area (Å²) in [6.07, 6.45) is 4.97.